The number of ether oxygens (including phenoxy) is 1. The molecule has 0 radical (unpaired) electrons. The SMILES string of the molecule is CCOC(C)CNc1ncnc2c1CCC2. The van der Waals surface area contributed by atoms with Crippen LogP contribution in [0.15, 0.2) is 6.33 Å². The molecule has 0 aliphatic heterocycles. The van der Waals surface area contributed by atoms with Crippen molar-refractivity contribution >= 4 is 5.82 Å². The fourth-order valence-corrected chi connectivity index (χ4v) is 2.10. The first-order valence-corrected chi connectivity index (χ1v) is 5.99. The van der Waals surface area contributed by atoms with Crippen molar-refractivity contribution in [2.24, 2.45) is 0 Å². The minimum atomic E-state index is 0.219. The molecular formula is C12H19N3O. The lowest BCUT2D eigenvalue weighted by Crippen LogP contribution is -2.21. The lowest BCUT2D eigenvalue weighted by atomic mass is 10.2. The number of aromatic nitrogens is 2. The number of anilines is 1. The third kappa shape index (κ3) is 2.50. The Hall–Kier alpha value is -1.16. The maximum Gasteiger partial charge on any atom is 0.132 e. The van der Waals surface area contributed by atoms with Gasteiger partial charge in [-0.15, -0.1) is 0 Å². The minimum absolute atomic E-state index is 0.219. The van der Waals surface area contributed by atoms with E-state index >= 15 is 0 Å². The Morgan fingerprint density at radius 1 is 1.44 bits per heavy atom. The maximum absolute atomic E-state index is 5.48. The van der Waals surface area contributed by atoms with Crippen molar-refractivity contribution in [2.75, 3.05) is 18.5 Å². The standard InChI is InChI=1S/C12H19N3O/c1-3-16-9(2)7-13-12-10-5-4-6-11(10)14-8-15-12/h8-9H,3-7H2,1-2H3,(H,13,14,15). The number of aryl methyl sites for hydroxylation is 1. The second-order valence-corrected chi connectivity index (χ2v) is 4.15. The average Bonchev–Trinajstić information content (AvgIpc) is 2.75. The molecule has 1 aliphatic rings. The van der Waals surface area contributed by atoms with Crippen LogP contribution in [0.4, 0.5) is 5.82 Å². The number of hydrogen-bond donors (Lipinski definition) is 1. The predicted octanol–water partition coefficient (Wildman–Crippen LogP) is 1.80. The van der Waals surface area contributed by atoms with Gasteiger partial charge in [-0.2, -0.15) is 0 Å². The van der Waals surface area contributed by atoms with E-state index in [2.05, 4.69) is 22.2 Å². The van der Waals surface area contributed by atoms with Gasteiger partial charge in [0.25, 0.3) is 0 Å². The normalized spacial score (nSPS) is 15.9. The van der Waals surface area contributed by atoms with Crippen LogP contribution in [-0.2, 0) is 17.6 Å². The summed E-state index contributed by atoms with van der Waals surface area (Å²) in [6.07, 6.45) is 5.26. The highest BCUT2D eigenvalue weighted by Gasteiger charge is 2.16. The Morgan fingerprint density at radius 2 is 2.31 bits per heavy atom. The van der Waals surface area contributed by atoms with Gasteiger partial charge in [0.1, 0.15) is 12.1 Å². The molecule has 1 heterocycles. The summed E-state index contributed by atoms with van der Waals surface area (Å²) in [6, 6.07) is 0. The lowest BCUT2D eigenvalue weighted by Gasteiger charge is -2.14. The van der Waals surface area contributed by atoms with Crippen LogP contribution in [0.5, 0.6) is 0 Å². The van der Waals surface area contributed by atoms with Crippen LogP contribution < -0.4 is 5.32 Å². The monoisotopic (exact) mass is 221 g/mol. The van der Waals surface area contributed by atoms with Crippen LogP contribution in [0.3, 0.4) is 0 Å². The highest BCUT2D eigenvalue weighted by atomic mass is 16.5. The van der Waals surface area contributed by atoms with Crippen LogP contribution >= 0.6 is 0 Å². The molecule has 16 heavy (non-hydrogen) atoms. The second kappa shape index (κ2) is 5.25. The van der Waals surface area contributed by atoms with Gasteiger partial charge in [-0.05, 0) is 33.1 Å². The van der Waals surface area contributed by atoms with Gasteiger partial charge in [-0.3, -0.25) is 0 Å². The predicted molar refractivity (Wildman–Crippen MR) is 63.6 cm³/mol. The Kier molecular flexibility index (Phi) is 3.72. The van der Waals surface area contributed by atoms with Crippen molar-refractivity contribution in [3.05, 3.63) is 17.6 Å². The van der Waals surface area contributed by atoms with Crippen molar-refractivity contribution in [2.45, 2.75) is 39.2 Å². The number of fused-ring (bicyclic) bond motifs is 1. The molecule has 0 fully saturated rings. The molecule has 88 valence electrons. The molecule has 0 bridgehead atoms. The van der Waals surface area contributed by atoms with Gasteiger partial charge in [-0.25, -0.2) is 9.97 Å². The number of hydrogen-bond acceptors (Lipinski definition) is 4. The molecule has 0 amide bonds. The number of rotatable bonds is 5. The van der Waals surface area contributed by atoms with E-state index in [0.717, 1.165) is 31.8 Å². The highest BCUT2D eigenvalue weighted by molar-refractivity contribution is 5.47. The average molecular weight is 221 g/mol. The number of nitrogens with one attached hydrogen (secondary N) is 1. The highest BCUT2D eigenvalue weighted by Crippen LogP contribution is 2.24. The van der Waals surface area contributed by atoms with Crippen LogP contribution in [0, 0.1) is 0 Å². The van der Waals surface area contributed by atoms with E-state index < -0.39 is 0 Å². The van der Waals surface area contributed by atoms with Crippen molar-refractivity contribution in [1.29, 1.82) is 0 Å². The van der Waals surface area contributed by atoms with Crippen molar-refractivity contribution in [3.8, 4) is 0 Å². The topological polar surface area (TPSA) is 47.0 Å². The summed E-state index contributed by atoms with van der Waals surface area (Å²) in [6.45, 7) is 5.64. The van der Waals surface area contributed by atoms with Gasteiger partial charge in [0.05, 0.1) is 6.10 Å². The van der Waals surface area contributed by atoms with Crippen LogP contribution in [0.2, 0.25) is 0 Å². The van der Waals surface area contributed by atoms with Crippen LogP contribution in [-0.4, -0.2) is 29.2 Å². The van der Waals surface area contributed by atoms with Crippen LogP contribution in [0.1, 0.15) is 31.5 Å². The third-order valence-electron chi connectivity index (χ3n) is 2.88. The Labute approximate surface area is 96.4 Å². The van der Waals surface area contributed by atoms with Gasteiger partial charge < -0.3 is 10.1 Å². The first-order valence-electron chi connectivity index (χ1n) is 5.99. The molecule has 1 unspecified atom stereocenters. The smallest absolute Gasteiger partial charge is 0.132 e. The molecule has 1 aliphatic carbocycles. The van der Waals surface area contributed by atoms with E-state index in [-0.39, 0.29) is 6.10 Å². The van der Waals surface area contributed by atoms with Crippen LogP contribution in [0.25, 0.3) is 0 Å². The zero-order valence-electron chi connectivity index (χ0n) is 9.99. The minimum Gasteiger partial charge on any atom is -0.377 e. The van der Waals surface area contributed by atoms with Gasteiger partial charge in [-0.1, -0.05) is 0 Å². The van der Waals surface area contributed by atoms with E-state index in [1.807, 2.05) is 6.92 Å². The molecule has 0 spiro atoms. The van der Waals surface area contributed by atoms with Gasteiger partial charge in [0, 0.05) is 24.4 Å². The molecule has 0 saturated carbocycles. The second-order valence-electron chi connectivity index (χ2n) is 4.15. The summed E-state index contributed by atoms with van der Waals surface area (Å²) in [5.41, 5.74) is 2.51. The summed E-state index contributed by atoms with van der Waals surface area (Å²) < 4.78 is 5.48. The Balaban J connectivity index is 1.97. The van der Waals surface area contributed by atoms with Crippen molar-refractivity contribution < 1.29 is 4.74 Å². The Morgan fingerprint density at radius 3 is 3.12 bits per heavy atom. The van der Waals surface area contributed by atoms with E-state index in [1.165, 1.54) is 17.7 Å². The molecule has 0 saturated heterocycles. The molecular weight excluding hydrogens is 202 g/mol. The van der Waals surface area contributed by atoms with Crippen molar-refractivity contribution in [3.63, 3.8) is 0 Å². The van der Waals surface area contributed by atoms with Gasteiger partial charge >= 0.3 is 0 Å². The largest absolute Gasteiger partial charge is 0.377 e. The molecule has 2 rings (SSSR count). The lowest BCUT2D eigenvalue weighted by molar-refractivity contribution is 0.0854. The third-order valence-corrected chi connectivity index (χ3v) is 2.88. The summed E-state index contributed by atoms with van der Waals surface area (Å²) in [5.74, 6) is 0.994. The van der Waals surface area contributed by atoms with E-state index in [9.17, 15) is 0 Å². The van der Waals surface area contributed by atoms with E-state index in [0.29, 0.717) is 0 Å². The maximum atomic E-state index is 5.48. The van der Waals surface area contributed by atoms with Gasteiger partial charge in [0.2, 0.25) is 0 Å². The quantitative estimate of drug-likeness (QED) is 0.823. The summed E-state index contributed by atoms with van der Waals surface area (Å²) in [5, 5.41) is 3.35. The molecule has 4 heteroatoms. The fraction of sp³-hybridized carbons (Fsp3) is 0.667. The number of nitrogens with zero attached hydrogens (tertiary/aromatic N) is 2. The van der Waals surface area contributed by atoms with E-state index in [4.69, 9.17) is 4.74 Å². The van der Waals surface area contributed by atoms with Gasteiger partial charge in [0.15, 0.2) is 0 Å². The zero-order chi connectivity index (χ0) is 11.4. The molecule has 4 nitrogen and oxygen atoms in total. The summed E-state index contributed by atoms with van der Waals surface area (Å²) >= 11 is 0. The molecule has 1 atom stereocenters. The zero-order valence-corrected chi connectivity index (χ0v) is 9.99. The summed E-state index contributed by atoms with van der Waals surface area (Å²) in [4.78, 5) is 8.61. The molecule has 1 N–H and O–H groups in total. The molecule has 1 aromatic heterocycles. The first-order chi connectivity index (χ1) is 7.81. The Bertz CT molecular complexity index is 354. The first kappa shape index (κ1) is 11.3. The van der Waals surface area contributed by atoms with E-state index in [1.54, 1.807) is 6.33 Å². The fourth-order valence-electron chi connectivity index (χ4n) is 2.10. The molecule has 0 aromatic carbocycles. The molecule has 1 aromatic rings. The van der Waals surface area contributed by atoms with Crippen molar-refractivity contribution in [1.82, 2.24) is 9.97 Å². The summed E-state index contributed by atoms with van der Waals surface area (Å²) in [7, 11) is 0.